The summed E-state index contributed by atoms with van der Waals surface area (Å²) in [5, 5.41) is 9.11. The SMILES string of the molecule is CC(C)(C)[Si](C)(C)O[C@@H]1COC(CCO)C1. The molecule has 0 saturated carbocycles. The van der Waals surface area contributed by atoms with Crippen molar-refractivity contribution in [3.05, 3.63) is 0 Å². The van der Waals surface area contributed by atoms with Crippen LogP contribution in [0.1, 0.15) is 33.6 Å². The third-order valence-electron chi connectivity index (χ3n) is 3.76. The summed E-state index contributed by atoms with van der Waals surface area (Å²) in [5.74, 6) is 0. The maximum Gasteiger partial charge on any atom is 0.192 e. The van der Waals surface area contributed by atoms with Gasteiger partial charge in [-0.3, -0.25) is 0 Å². The van der Waals surface area contributed by atoms with Gasteiger partial charge in [-0.2, -0.15) is 0 Å². The molecule has 1 aliphatic heterocycles. The molecule has 16 heavy (non-hydrogen) atoms. The maximum atomic E-state index is 8.86. The van der Waals surface area contributed by atoms with Crippen molar-refractivity contribution >= 4 is 8.32 Å². The van der Waals surface area contributed by atoms with E-state index in [0.29, 0.717) is 6.61 Å². The molecule has 96 valence electrons. The highest BCUT2D eigenvalue weighted by Crippen LogP contribution is 2.38. The zero-order valence-corrected chi connectivity index (χ0v) is 12.2. The first kappa shape index (κ1) is 14.2. The Morgan fingerprint density at radius 1 is 1.38 bits per heavy atom. The largest absolute Gasteiger partial charge is 0.411 e. The molecule has 1 unspecified atom stereocenters. The average molecular weight is 246 g/mol. The van der Waals surface area contributed by atoms with Crippen LogP contribution in [0.2, 0.25) is 18.1 Å². The van der Waals surface area contributed by atoms with Crippen molar-refractivity contribution in [2.75, 3.05) is 13.2 Å². The molecule has 3 nitrogen and oxygen atoms in total. The lowest BCUT2D eigenvalue weighted by atomic mass is 10.2. The first-order valence-corrected chi connectivity index (χ1v) is 9.07. The molecular formula is C12H26O3Si. The molecule has 0 radical (unpaired) electrons. The van der Waals surface area contributed by atoms with Gasteiger partial charge in [-0.25, -0.2) is 0 Å². The van der Waals surface area contributed by atoms with E-state index >= 15 is 0 Å². The molecule has 2 atom stereocenters. The van der Waals surface area contributed by atoms with Gasteiger partial charge in [0.1, 0.15) is 0 Å². The highest BCUT2D eigenvalue weighted by Gasteiger charge is 2.40. The van der Waals surface area contributed by atoms with Crippen molar-refractivity contribution < 1.29 is 14.3 Å². The van der Waals surface area contributed by atoms with E-state index in [9.17, 15) is 0 Å². The third-order valence-corrected chi connectivity index (χ3v) is 8.30. The summed E-state index contributed by atoms with van der Waals surface area (Å²) in [5.41, 5.74) is 0. The summed E-state index contributed by atoms with van der Waals surface area (Å²) in [6.07, 6.45) is 2.10. The van der Waals surface area contributed by atoms with E-state index in [0.717, 1.165) is 12.8 Å². The van der Waals surface area contributed by atoms with E-state index in [-0.39, 0.29) is 23.9 Å². The lowest BCUT2D eigenvalue weighted by Gasteiger charge is -2.38. The standard InChI is InChI=1S/C12H26O3Si/c1-12(2,3)16(4,5)15-11-8-10(6-7-13)14-9-11/h10-11,13H,6-9H2,1-5H3/t10?,11-/m0/s1. The van der Waals surface area contributed by atoms with E-state index < -0.39 is 8.32 Å². The molecule has 0 spiro atoms. The molecule has 0 aromatic carbocycles. The third kappa shape index (κ3) is 3.55. The van der Waals surface area contributed by atoms with Gasteiger partial charge in [0.25, 0.3) is 0 Å². The summed E-state index contributed by atoms with van der Waals surface area (Å²) >= 11 is 0. The molecule has 1 rings (SSSR count). The number of hydrogen-bond acceptors (Lipinski definition) is 3. The summed E-state index contributed by atoms with van der Waals surface area (Å²) in [6.45, 7) is 12.2. The second kappa shape index (κ2) is 5.17. The van der Waals surface area contributed by atoms with Gasteiger partial charge in [-0.05, 0) is 24.6 Å². The van der Waals surface area contributed by atoms with Crippen molar-refractivity contribution in [3.8, 4) is 0 Å². The fraction of sp³-hybridized carbons (Fsp3) is 1.00. The van der Waals surface area contributed by atoms with Crippen LogP contribution in [0, 0.1) is 0 Å². The maximum absolute atomic E-state index is 8.86. The van der Waals surface area contributed by atoms with Crippen LogP contribution >= 0.6 is 0 Å². The van der Waals surface area contributed by atoms with Gasteiger partial charge in [0.15, 0.2) is 8.32 Å². The van der Waals surface area contributed by atoms with Crippen molar-refractivity contribution in [1.29, 1.82) is 0 Å². The first-order valence-electron chi connectivity index (χ1n) is 6.16. The number of aliphatic hydroxyl groups is 1. The van der Waals surface area contributed by atoms with Crippen LogP contribution in [0.15, 0.2) is 0 Å². The van der Waals surface area contributed by atoms with Crippen LogP contribution in [0.4, 0.5) is 0 Å². The summed E-state index contributed by atoms with van der Waals surface area (Å²) in [6, 6.07) is 0. The lowest BCUT2D eigenvalue weighted by Crippen LogP contribution is -2.44. The number of ether oxygens (including phenoxy) is 1. The smallest absolute Gasteiger partial charge is 0.192 e. The number of aliphatic hydroxyl groups excluding tert-OH is 1. The van der Waals surface area contributed by atoms with E-state index in [4.69, 9.17) is 14.3 Å². The van der Waals surface area contributed by atoms with Crippen LogP contribution in [0.3, 0.4) is 0 Å². The molecule has 0 aliphatic carbocycles. The normalized spacial score (nSPS) is 27.4. The van der Waals surface area contributed by atoms with Gasteiger partial charge in [0, 0.05) is 13.0 Å². The van der Waals surface area contributed by atoms with E-state index in [1.165, 1.54) is 0 Å². The molecule has 4 heteroatoms. The van der Waals surface area contributed by atoms with Gasteiger partial charge >= 0.3 is 0 Å². The Balaban J connectivity index is 2.45. The second-order valence-electron chi connectivity index (χ2n) is 6.20. The molecule has 1 fully saturated rings. The van der Waals surface area contributed by atoms with Crippen molar-refractivity contribution in [1.82, 2.24) is 0 Å². The zero-order valence-electron chi connectivity index (χ0n) is 11.2. The van der Waals surface area contributed by atoms with Crippen LogP contribution < -0.4 is 0 Å². The Bertz CT molecular complexity index is 223. The molecule has 1 heterocycles. The topological polar surface area (TPSA) is 38.7 Å². The predicted molar refractivity (Wildman–Crippen MR) is 68.1 cm³/mol. The molecule has 1 aliphatic rings. The molecule has 1 N–H and O–H groups in total. The minimum Gasteiger partial charge on any atom is -0.411 e. The Morgan fingerprint density at radius 3 is 2.50 bits per heavy atom. The van der Waals surface area contributed by atoms with Crippen molar-refractivity contribution in [2.24, 2.45) is 0 Å². The summed E-state index contributed by atoms with van der Waals surface area (Å²) in [4.78, 5) is 0. The molecule has 0 aromatic rings. The highest BCUT2D eigenvalue weighted by molar-refractivity contribution is 6.74. The Labute approximate surface area is 100 Å². The van der Waals surface area contributed by atoms with E-state index in [1.54, 1.807) is 0 Å². The highest BCUT2D eigenvalue weighted by atomic mass is 28.4. The van der Waals surface area contributed by atoms with Gasteiger partial charge in [0.2, 0.25) is 0 Å². The fourth-order valence-corrected chi connectivity index (χ4v) is 3.04. The Kier molecular flexibility index (Phi) is 4.57. The quantitative estimate of drug-likeness (QED) is 0.775. The summed E-state index contributed by atoms with van der Waals surface area (Å²) in [7, 11) is -1.66. The van der Waals surface area contributed by atoms with E-state index in [2.05, 4.69) is 33.9 Å². The summed E-state index contributed by atoms with van der Waals surface area (Å²) < 4.78 is 11.9. The van der Waals surface area contributed by atoms with E-state index in [1.807, 2.05) is 0 Å². The Hall–Kier alpha value is 0.0969. The monoisotopic (exact) mass is 246 g/mol. The number of rotatable bonds is 4. The van der Waals surface area contributed by atoms with Crippen LogP contribution in [-0.2, 0) is 9.16 Å². The minimum atomic E-state index is -1.66. The molecular weight excluding hydrogens is 220 g/mol. The fourth-order valence-electron chi connectivity index (χ4n) is 1.69. The molecule has 0 bridgehead atoms. The second-order valence-corrected chi connectivity index (χ2v) is 11.0. The van der Waals surface area contributed by atoms with Crippen LogP contribution in [0.5, 0.6) is 0 Å². The Morgan fingerprint density at radius 2 is 2.00 bits per heavy atom. The minimum absolute atomic E-state index is 0.194. The van der Waals surface area contributed by atoms with Gasteiger partial charge in [-0.1, -0.05) is 20.8 Å². The van der Waals surface area contributed by atoms with Crippen molar-refractivity contribution in [3.63, 3.8) is 0 Å². The average Bonchev–Trinajstić information content (AvgIpc) is 2.50. The lowest BCUT2D eigenvalue weighted by molar-refractivity contribution is 0.0747. The van der Waals surface area contributed by atoms with Gasteiger partial charge in [0.05, 0.1) is 18.8 Å². The predicted octanol–water partition coefficient (Wildman–Crippen LogP) is 2.55. The number of hydrogen-bond donors (Lipinski definition) is 1. The van der Waals surface area contributed by atoms with Crippen LogP contribution in [0.25, 0.3) is 0 Å². The van der Waals surface area contributed by atoms with Gasteiger partial charge in [-0.15, -0.1) is 0 Å². The molecule has 0 amide bonds. The zero-order chi connectivity index (χ0) is 12.4. The first-order chi connectivity index (χ1) is 7.26. The van der Waals surface area contributed by atoms with Gasteiger partial charge < -0.3 is 14.3 Å². The van der Waals surface area contributed by atoms with Crippen LogP contribution in [-0.4, -0.2) is 38.8 Å². The molecule has 0 aromatic heterocycles. The van der Waals surface area contributed by atoms with Crippen molar-refractivity contribution in [2.45, 2.75) is 64.0 Å². The molecule has 1 saturated heterocycles.